The summed E-state index contributed by atoms with van der Waals surface area (Å²) in [6, 6.07) is -0.153. The number of thiazole rings is 1. The van der Waals surface area contributed by atoms with Crippen LogP contribution in [0.1, 0.15) is 4.88 Å². The number of nitrogens with zero attached hydrogens (tertiary/aromatic N) is 3. The van der Waals surface area contributed by atoms with Crippen molar-refractivity contribution >= 4 is 28.9 Å². The third-order valence-corrected chi connectivity index (χ3v) is 4.29. The van der Waals surface area contributed by atoms with Crippen LogP contribution in [0.3, 0.4) is 0 Å². The van der Waals surface area contributed by atoms with Gasteiger partial charge in [-0.3, -0.25) is 14.6 Å². The molecule has 1 aromatic heterocycles. The molecule has 0 aromatic carbocycles. The molecule has 19 heavy (non-hydrogen) atoms. The highest BCUT2D eigenvalue weighted by atomic mass is 35.5. The number of likely N-dealkylation sites (N-methyl/N-ethyl adjacent to an activating group) is 1. The van der Waals surface area contributed by atoms with Crippen LogP contribution in [0.4, 0.5) is 0 Å². The zero-order valence-corrected chi connectivity index (χ0v) is 12.1. The number of hydrogen-bond donors (Lipinski definition) is 2. The van der Waals surface area contributed by atoms with Gasteiger partial charge < -0.3 is 10.2 Å². The van der Waals surface area contributed by atoms with E-state index in [4.69, 9.17) is 16.7 Å². The lowest BCUT2D eigenvalue weighted by Crippen LogP contribution is -2.43. The van der Waals surface area contributed by atoms with Gasteiger partial charge in [0, 0.05) is 36.8 Å². The van der Waals surface area contributed by atoms with Gasteiger partial charge in [0.2, 0.25) is 0 Å². The normalized spacial score (nSPS) is 24.2. The van der Waals surface area contributed by atoms with Crippen molar-refractivity contribution in [3.8, 4) is 0 Å². The molecule has 6 nitrogen and oxygen atoms in total. The van der Waals surface area contributed by atoms with E-state index in [1.807, 2.05) is 0 Å². The Morgan fingerprint density at radius 2 is 2.42 bits per heavy atom. The van der Waals surface area contributed by atoms with Crippen LogP contribution in [0.2, 0.25) is 4.47 Å². The predicted molar refractivity (Wildman–Crippen MR) is 72.5 cm³/mol. The van der Waals surface area contributed by atoms with E-state index in [1.165, 1.54) is 11.3 Å². The van der Waals surface area contributed by atoms with Gasteiger partial charge >= 0.3 is 5.97 Å². The molecule has 106 valence electrons. The Kier molecular flexibility index (Phi) is 4.75. The lowest BCUT2D eigenvalue weighted by atomic mass is 10.2. The van der Waals surface area contributed by atoms with Gasteiger partial charge in [-0.2, -0.15) is 0 Å². The van der Waals surface area contributed by atoms with E-state index in [9.17, 15) is 9.90 Å². The Bertz CT molecular complexity index is 456. The van der Waals surface area contributed by atoms with Gasteiger partial charge in [-0.15, -0.1) is 11.3 Å². The van der Waals surface area contributed by atoms with Crippen LogP contribution in [-0.2, 0) is 11.3 Å². The fourth-order valence-electron chi connectivity index (χ4n) is 2.32. The molecule has 0 saturated carbocycles. The van der Waals surface area contributed by atoms with E-state index in [2.05, 4.69) is 9.88 Å². The van der Waals surface area contributed by atoms with Crippen molar-refractivity contribution in [2.24, 2.45) is 0 Å². The van der Waals surface area contributed by atoms with Crippen molar-refractivity contribution in [2.75, 3.05) is 26.7 Å². The average molecular weight is 306 g/mol. The molecule has 0 bridgehead atoms. The Labute approximate surface area is 120 Å². The average Bonchev–Trinajstić information content (AvgIpc) is 2.85. The number of aliphatic hydroxyl groups excluding tert-OH is 1. The van der Waals surface area contributed by atoms with E-state index in [-0.39, 0.29) is 12.6 Å². The van der Waals surface area contributed by atoms with Gasteiger partial charge in [-0.05, 0) is 7.05 Å². The molecule has 2 atom stereocenters. The summed E-state index contributed by atoms with van der Waals surface area (Å²) in [6.07, 6.45) is 1.20. The zero-order valence-electron chi connectivity index (χ0n) is 10.5. The summed E-state index contributed by atoms with van der Waals surface area (Å²) in [4.78, 5) is 19.5. The number of likely N-dealkylation sites (tertiary alicyclic amines) is 1. The fraction of sp³-hybridized carbons (Fsp3) is 0.636. The number of carbonyl (C=O) groups is 1. The molecule has 2 N–H and O–H groups in total. The third-order valence-electron chi connectivity index (χ3n) is 3.19. The van der Waals surface area contributed by atoms with Crippen LogP contribution >= 0.6 is 22.9 Å². The number of aliphatic hydroxyl groups is 1. The molecule has 1 fully saturated rings. The highest BCUT2D eigenvalue weighted by Gasteiger charge is 2.34. The number of aliphatic carboxylic acids is 1. The molecule has 0 radical (unpaired) electrons. The first kappa shape index (κ1) is 14.7. The summed E-state index contributed by atoms with van der Waals surface area (Å²) in [5.41, 5.74) is 0. The molecule has 0 spiro atoms. The second-order valence-corrected chi connectivity index (χ2v) is 6.41. The van der Waals surface area contributed by atoms with Crippen LogP contribution in [-0.4, -0.2) is 69.8 Å². The van der Waals surface area contributed by atoms with Gasteiger partial charge in [-0.25, -0.2) is 4.98 Å². The molecular weight excluding hydrogens is 290 g/mol. The Balaban J connectivity index is 1.91. The monoisotopic (exact) mass is 305 g/mol. The molecule has 0 aliphatic carbocycles. The standard InChI is InChI=1S/C11H16ClN3O3S/c1-14(6-10(17)18)8-4-15(5-9(8)16)3-7-2-13-11(12)19-7/h2,8-9,16H,3-6H2,1H3,(H,17,18)/t8-,9+/m0/s1. The van der Waals surface area contributed by atoms with Gasteiger partial charge in [0.1, 0.15) is 0 Å². The van der Waals surface area contributed by atoms with E-state index in [0.29, 0.717) is 24.1 Å². The topological polar surface area (TPSA) is 76.9 Å². The Morgan fingerprint density at radius 1 is 1.68 bits per heavy atom. The highest BCUT2D eigenvalue weighted by Crippen LogP contribution is 2.22. The second kappa shape index (κ2) is 6.15. The van der Waals surface area contributed by atoms with E-state index in [1.54, 1.807) is 18.1 Å². The van der Waals surface area contributed by atoms with Crippen molar-refractivity contribution in [3.05, 3.63) is 15.5 Å². The molecule has 2 heterocycles. The zero-order chi connectivity index (χ0) is 14.0. The van der Waals surface area contributed by atoms with Gasteiger partial charge in [0.25, 0.3) is 0 Å². The maximum atomic E-state index is 10.7. The third kappa shape index (κ3) is 3.87. The molecular formula is C11H16ClN3O3S. The van der Waals surface area contributed by atoms with Gasteiger partial charge in [0.05, 0.1) is 12.6 Å². The van der Waals surface area contributed by atoms with E-state index in [0.717, 1.165) is 4.88 Å². The minimum Gasteiger partial charge on any atom is -0.480 e. The minimum atomic E-state index is -0.887. The lowest BCUT2D eigenvalue weighted by Gasteiger charge is -2.24. The first-order valence-corrected chi connectivity index (χ1v) is 7.08. The van der Waals surface area contributed by atoms with Crippen LogP contribution in [0, 0.1) is 0 Å². The van der Waals surface area contributed by atoms with Crippen molar-refractivity contribution in [1.82, 2.24) is 14.8 Å². The quantitative estimate of drug-likeness (QED) is 0.818. The summed E-state index contributed by atoms with van der Waals surface area (Å²) in [5.74, 6) is -0.887. The number of aromatic nitrogens is 1. The lowest BCUT2D eigenvalue weighted by molar-refractivity contribution is -0.138. The number of carboxylic acids is 1. The molecule has 2 rings (SSSR count). The van der Waals surface area contributed by atoms with E-state index >= 15 is 0 Å². The minimum absolute atomic E-state index is 0.0675. The SMILES string of the molecule is CN(CC(=O)O)[C@H]1CN(Cc2cnc(Cl)s2)C[C@H]1O. The molecule has 1 aliphatic rings. The summed E-state index contributed by atoms with van der Waals surface area (Å²) >= 11 is 7.20. The van der Waals surface area contributed by atoms with Crippen molar-refractivity contribution < 1.29 is 15.0 Å². The smallest absolute Gasteiger partial charge is 0.317 e. The Hall–Kier alpha value is -0.730. The van der Waals surface area contributed by atoms with E-state index < -0.39 is 12.1 Å². The van der Waals surface area contributed by atoms with Crippen LogP contribution in [0.15, 0.2) is 6.20 Å². The van der Waals surface area contributed by atoms with Crippen LogP contribution < -0.4 is 0 Å². The largest absolute Gasteiger partial charge is 0.480 e. The molecule has 0 amide bonds. The number of carboxylic acid groups (broad SMARTS) is 1. The predicted octanol–water partition coefficient (Wildman–Crippen LogP) is 0.358. The van der Waals surface area contributed by atoms with Crippen molar-refractivity contribution in [1.29, 1.82) is 0 Å². The first-order chi connectivity index (χ1) is 8.95. The Morgan fingerprint density at radius 3 is 3.00 bits per heavy atom. The molecule has 1 aliphatic heterocycles. The molecule has 1 saturated heterocycles. The number of rotatable bonds is 5. The molecule has 8 heteroatoms. The van der Waals surface area contributed by atoms with Gasteiger partial charge in [0.15, 0.2) is 4.47 Å². The molecule has 0 unspecified atom stereocenters. The first-order valence-electron chi connectivity index (χ1n) is 5.88. The van der Waals surface area contributed by atoms with Crippen molar-refractivity contribution in [3.63, 3.8) is 0 Å². The van der Waals surface area contributed by atoms with Crippen molar-refractivity contribution in [2.45, 2.75) is 18.7 Å². The van der Waals surface area contributed by atoms with Crippen LogP contribution in [0.5, 0.6) is 0 Å². The molecule has 1 aromatic rings. The number of β-amino-alcohol motifs (C(OH)–C–C–N with tert-alkyl or cyclic N) is 1. The maximum Gasteiger partial charge on any atom is 0.317 e. The summed E-state index contributed by atoms with van der Waals surface area (Å²) in [6.45, 7) is 1.78. The fourth-order valence-corrected chi connectivity index (χ4v) is 3.34. The highest BCUT2D eigenvalue weighted by molar-refractivity contribution is 7.15. The summed E-state index contributed by atoms with van der Waals surface area (Å²) in [7, 11) is 1.72. The number of halogens is 1. The second-order valence-electron chi connectivity index (χ2n) is 4.72. The summed E-state index contributed by atoms with van der Waals surface area (Å²) in [5, 5.41) is 18.8. The number of hydrogen-bond acceptors (Lipinski definition) is 6. The van der Waals surface area contributed by atoms with Gasteiger partial charge in [-0.1, -0.05) is 11.6 Å². The maximum absolute atomic E-state index is 10.7. The van der Waals surface area contributed by atoms with Crippen LogP contribution in [0.25, 0.3) is 0 Å². The summed E-state index contributed by atoms with van der Waals surface area (Å²) < 4.78 is 0.509.